The molecule has 0 saturated carbocycles. The molecule has 9 aromatic carbocycles. The van der Waals surface area contributed by atoms with Crippen LogP contribution < -0.4 is 0 Å². The van der Waals surface area contributed by atoms with E-state index in [9.17, 15) is 0 Å². The van der Waals surface area contributed by atoms with Crippen molar-refractivity contribution in [1.82, 2.24) is 0 Å². The van der Waals surface area contributed by atoms with E-state index < -0.39 is 0 Å². The molecule has 10 aromatic rings. The third-order valence-electron chi connectivity index (χ3n) is 9.71. The number of benzene rings is 9. The smallest absolute Gasteiger partial charge is 0.136 e. The van der Waals surface area contributed by atoms with E-state index in [0.717, 1.165) is 60.2 Å². The zero-order chi connectivity index (χ0) is 31.8. The summed E-state index contributed by atoms with van der Waals surface area (Å²) < 4.78 is 15.7. The van der Waals surface area contributed by atoms with Crippen LogP contribution in [0.25, 0.3) is 98.4 Å². The van der Waals surface area contributed by atoms with Crippen LogP contribution in [0.2, 0.25) is 0 Å². The lowest BCUT2D eigenvalue weighted by molar-refractivity contribution is 0.669. The number of furan rings is 1. The number of hydrogen-bond acceptors (Lipinski definition) is 1. The maximum atomic E-state index is 9.02. The lowest BCUT2D eigenvalue weighted by Crippen LogP contribution is -1.90. The highest BCUT2D eigenvalue weighted by atomic mass is 16.3. The highest BCUT2D eigenvalue weighted by Crippen LogP contribution is 2.46. The molecule has 0 fully saturated rings. The number of fused-ring (bicyclic) bond motifs is 7. The molecule has 1 aromatic heterocycles. The Morgan fingerprint density at radius 2 is 0.894 bits per heavy atom. The molecule has 1 heteroatoms. The van der Waals surface area contributed by atoms with Crippen molar-refractivity contribution in [2.45, 2.75) is 0 Å². The molecule has 0 radical (unpaired) electrons. The summed E-state index contributed by atoms with van der Waals surface area (Å²) in [6.45, 7) is 0. The van der Waals surface area contributed by atoms with Crippen molar-refractivity contribution in [3.63, 3.8) is 0 Å². The van der Waals surface area contributed by atoms with Gasteiger partial charge in [0.15, 0.2) is 0 Å². The summed E-state index contributed by atoms with van der Waals surface area (Å²) >= 11 is 0. The van der Waals surface area contributed by atoms with E-state index in [-0.39, 0.29) is 0 Å². The van der Waals surface area contributed by atoms with Crippen LogP contribution in [0.15, 0.2) is 174 Å². The van der Waals surface area contributed by atoms with E-state index in [1.165, 1.54) is 38.2 Å². The minimum atomic E-state index is 0.566. The van der Waals surface area contributed by atoms with Crippen molar-refractivity contribution < 1.29 is 5.79 Å². The average Bonchev–Trinajstić information content (AvgIpc) is 3.53. The molecule has 47 heavy (non-hydrogen) atoms. The molecule has 0 amide bonds. The summed E-state index contributed by atoms with van der Waals surface area (Å²) in [7, 11) is 0. The highest BCUT2D eigenvalue weighted by molar-refractivity contribution is 6.24. The molecule has 1 heterocycles. The molecule has 10 rings (SSSR count). The minimum absolute atomic E-state index is 0.566. The van der Waals surface area contributed by atoms with Gasteiger partial charge in [0.2, 0.25) is 0 Å². The van der Waals surface area contributed by atoms with Crippen molar-refractivity contribution >= 4 is 65.0 Å². The van der Waals surface area contributed by atoms with E-state index >= 15 is 0 Å². The first-order valence-corrected chi connectivity index (χ1v) is 16.1. The van der Waals surface area contributed by atoms with Gasteiger partial charge in [0.05, 0.1) is 1.37 Å². The van der Waals surface area contributed by atoms with Gasteiger partial charge in [-0.25, -0.2) is 0 Å². The third kappa shape index (κ3) is 3.90. The molecule has 0 spiro atoms. The molecular weight excluding hydrogens is 569 g/mol. The third-order valence-corrected chi connectivity index (χ3v) is 9.71. The van der Waals surface area contributed by atoms with Gasteiger partial charge < -0.3 is 4.42 Å². The van der Waals surface area contributed by atoms with Crippen LogP contribution in [0.5, 0.6) is 0 Å². The van der Waals surface area contributed by atoms with E-state index in [0.29, 0.717) is 6.04 Å². The van der Waals surface area contributed by atoms with Gasteiger partial charge in [-0.3, -0.25) is 0 Å². The van der Waals surface area contributed by atoms with E-state index in [1.807, 2.05) is 12.1 Å². The van der Waals surface area contributed by atoms with Crippen LogP contribution >= 0.6 is 0 Å². The monoisotopic (exact) mass is 597 g/mol. The topological polar surface area (TPSA) is 13.1 Å². The predicted octanol–water partition coefficient (Wildman–Crippen LogP) is 13.2. The summed E-state index contributed by atoms with van der Waals surface area (Å²) in [5, 5.41) is 11.2. The molecule has 0 saturated heterocycles. The zero-order valence-electron chi connectivity index (χ0n) is 26.5. The molecule has 218 valence electrons. The Morgan fingerprint density at radius 3 is 1.51 bits per heavy atom. The van der Waals surface area contributed by atoms with Gasteiger partial charge in [-0.2, -0.15) is 0 Å². The number of hydrogen-bond donors (Lipinski definition) is 0. The van der Waals surface area contributed by atoms with Crippen molar-refractivity contribution in [3.8, 4) is 33.4 Å². The van der Waals surface area contributed by atoms with Crippen molar-refractivity contribution in [2.75, 3.05) is 0 Å². The van der Waals surface area contributed by atoms with Crippen LogP contribution in [0.4, 0.5) is 0 Å². The molecule has 0 aliphatic carbocycles. The lowest BCUT2D eigenvalue weighted by Gasteiger charge is -2.17. The van der Waals surface area contributed by atoms with Crippen LogP contribution in [0, 0.1) is 0 Å². The Bertz CT molecular complexity index is 2780. The molecular formula is C46H28O. The molecule has 0 unspecified atom stereocenters. The molecule has 0 N–H and O–H groups in total. The standard InChI is InChI=1S/C46H28O/c1-2-13-29(14-3-1)43-35-19-8-10-21-37(35)44(38-22-11-9-20-36(38)43)32-25-26-39-42(28-32)47-41-24-12-23-40(46(39)41)45-33-17-6-4-15-30(33)27-31-16-5-7-18-34(31)45/h1-28H/i27D. The normalized spacial score (nSPS) is 12.1. The summed E-state index contributed by atoms with van der Waals surface area (Å²) in [4.78, 5) is 0. The Hall–Kier alpha value is -6.18. The van der Waals surface area contributed by atoms with Gasteiger partial charge in [0, 0.05) is 10.8 Å². The van der Waals surface area contributed by atoms with Crippen LogP contribution in [-0.2, 0) is 0 Å². The van der Waals surface area contributed by atoms with Crippen LogP contribution in [0.1, 0.15) is 1.37 Å². The van der Waals surface area contributed by atoms with Gasteiger partial charge in [-0.1, -0.05) is 146 Å². The Kier molecular flexibility index (Phi) is 5.42. The summed E-state index contributed by atoms with van der Waals surface area (Å²) in [6, 6.07) is 58.5. The van der Waals surface area contributed by atoms with E-state index in [1.54, 1.807) is 0 Å². The van der Waals surface area contributed by atoms with Gasteiger partial charge in [-0.15, -0.1) is 0 Å². The second-order valence-corrected chi connectivity index (χ2v) is 12.3. The van der Waals surface area contributed by atoms with Crippen molar-refractivity contribution in [2.24, 2.45) is 0 Å². The highest BCUT2D eigenvalue weighted by Gasteiger charge is 2.20. The summed E-state index contributed by atoms with van der Waals surface area (Å²) in [5.74, 6) is 0. The fraction of sp³-hybridized carbons (Fsp3) is 0. The average molecular weight is 598 g/mol. The fourth-order valence-electron chi connectivity index (χ4n) is 7.75. The van der Waals surface area contributed by atoms with Gasteiger partial charge in [0.1, 0.15) is 11.2 Å². The van der Waals surface area contributed by atoms with Crippen LogP contribution in [0.3, 0.4) is 0 Å². The Balaban J connectivity index is 1.26. The lowest BCUT2D eigenvalue weighted by atomic mass is 9.85. The largest absolute Gasteiger partial charge is 0.456 e. The van der Waals surface area contributed by atoms with Crippen molar-refractivity contribution in [1.29, 1.82) is 0 Å². The maximum absolute atomic E-state index is 9.02. The number of rotatable bonds is 3. The first-order valence-electron chi connectivity index (χ1n) is 16.6. The van der Waals surface area contributed by atoms with Gasteiger partial charge >= 0.3 is 0 Å². The molecule has 0 aliphatic heterocycles. The van der Waals surface area contributed by atoms with Gasteiger partial charge in [-0.05, 0) is 101 Å². The quantitative estimate of drug-likeness (QED) is 0.185. The molecule has 0 bridgehead atoms. The first kappa shape index (κ1) is 25.1. The second kappa shape index (κ2) is 10.2. The molecule has 0 atom stereocenters. The summed E-state index contributed by atoms with van der Waals surface area (Å²) in [5.41, 5.74) is 8.81. The van der Waals surface area contributed by atoms with Crippen LogP contribution in [-0.4, -0.2) is 0 Å². The van der Waals surface area contributed by atoms with Crippen molar-refractivity contribution in [3.05, 3.63) is 170 Å². The first-order chi connectivity index (χ1) is 23.8. The molecule has 0 aliphatic rings. The fourth-order valence-corrected chi connectivity index (χ4v) is 7.75. The van der Waals surface area contributed by atoms with Gasteiger partial charge in [0.25, 0.3) is 0 Å². The maximum Gasteiger partial charge on any atom is 0.136 e. The zero-order valence-corrected chi connectivity index (χ0v) is 25.5. The predicted molar refractivity (Wildman–Crippen MR) is 200 cm³/mol. The van der Waals surface area contributed by atoms with E-state index in [2.05, 4.69) is 152 Å². The minimum Gasteiger partial charge on any atom is -0.456 e. The molecule has 1 nitrogen and oxygen atoms in total. The Labute approximate surface area is 273 Å². The second-order valence-electron chi connectivity index (χ2n) is 12.3. The Morgan fingerprint density at radius 1 is 0.362 bits per heavy atom. The summed E-state index contributed by atoms with van der Waals surface area (Å²) in [6.07, 6.45) is 0. The van der Waals surface area contributed by atoms with E-state index in [4.69, 9.17) is 5.79 Å². The SMILES string of the molecule is [2H]c1c2ccccc2c(-c2cccc3oc4cc(-c5c6ccccc6c(-c6ccccc6)c6ccccc56)ccc4c23)c2ccccc12.